The van der Waals surface area contributed by atoms with Crippen LogP contribution >= 0.6 is 0 Å². The van der Waals surface area contributed by atoms with Gasteiger partial charge >= 0.3 is 6.03 Å². The normalized spacial score (nSPS) is 12.9. The van der Waals surface area contributed by atoms with Crippen LogP contribution in [-0.2, 0) is 4.79 Å². The summed E-state index contributed by atoms with van der Waals surface area (Å²) < 4.78 is 0.928. The first-order chi connectivity index (χ1) is 17.4. The molecule has 3 amide bonds. The van der Waals surface area contributed by atoms with Gasteiger partial charge in [0.25, 0.3) is 5.91 Å². The molecular formula is C24H25N9O3. The molecule has 2 aromatic heterocycles. The summed E-state index contributed by atoms with van der Waals surface area (Å²) in [5, 5.41) is 12.3. The smallest absolute Gasteiger partial charge is 0.349 e. The molecule has 12 nitrogen and oxygen atoms in total. The second-order valence-electron chi connectivity index (χ2n) is 7.83. The van der Waals surface area contributed by atoms with Crippen LogP contribution in [0.25, 0.3) is 5.57 Å². The lowest BCUT2D eigenvalue weighted by atomic mass is 10.1. The predicted molar refractivity (Wildman–Crippen MR) is 136 cm³/mol. The third-order valence-corrected chi connectivity index (χ3v) is 5.44. The van der Waals surface area contributed by atoms with Gasteiger partial charge in [0.1, 0.15) is 0 Å². The summed E-state index contributed by atoms with van der Waals surface area (Å²) in [5.41, 5.74) is 9.07. The molecule has 0 aliphatic carbocycles. The molecule has 3 heterocycles. The van der Waals surface area contributed by atoms with Crippen molar-refractivity contribution in [2.45, 2.75) is 6.42 Å². The van der Waals surface area contributed by atoms with Crippen LogP contribution in [0, 0.1) is 0 Å². The van der Waals surface area contributed by atoms with Crippen LogP contribution < -0.4 is 21.7 Å². The zero-order valence-electron chi connectivity index (χ0n) is 19.6. The van der Waals surface area contributed by atoms with E-state index >= 15 is 0 Å². The second-order valence-corrected chi connectivity index (χ2v) is 7.83. The number of aromatic nitrogens is 4. The van der Waals surface area contributed by atoms with Crippen LogP contribution in [-0.4, -0.2) is 62.6 Å². The number of nitrogens with zero attached hydrogens (tertiary/aromatic N) is 5. The maximum Gasteiger partial charge on any atom is 0.349 e. The number of rotatable bonds is 6. The number of hydrogen-bond acceptors (Lipinski definition) is 8. The molecule has 1 aliphatic heterocycles. The van der Waals surface area contributed by atoms with Crippen LogP contribution in [0.5, 0.6) is 0 Å². The molecule has 36 heavy (non-hydrogen) atoms. The third kappa shape index (κ3) is 5.38. The van der Waals surface area contributed by atoms with E-state index in [0.717, 1.165) is 16.7 Å². The lowest BCUT2D eigenvalue weighted by molar-refractivity contribution is -0.125. The molecule has 0 atom stereocenters. The fourth-order valence-electron chi connectivity index (χ4n) is 3.59. The number of nitrogens with two attached hydrogens (primary N) is 1. The number of carbonyl (C=O) groups is 3. The van der Waals surface area contributed by atoms with Crippen LogP contribution in [0.4, 0.5) is 28.1 Å². The summed E-state index contributed by atoms with van der Waals surface area (Å²) in [7, 11) is 1.55. The van der Waals surface area contributed by atoms with E-state index in [9.17, 15) is 14.4 Å². The first kappa shape index (κ1) is 24.1. The van der Waals surface area contributed by atoms with Crippen molar-refractivity contribution >= 4 is 46.7 Å². The van der Waals surface area contributed by atoms with E-state index in [1.54, 1.807) is 48.3 Å². The van der Waals surface area contributed by atoms with Gasteiger partial charge in [0, 0.05) is 31.4 Å². The Morgan fingerprint density at radius 1 is 1.11 bits per heavy atom. The minimum absolute atomic E-state index is 0.110. The number of nitrogen functional groups attached to an aromatic ring is 1. The van der Waals surface area contributed by atoms with Crippen molar-refractivity contribution in [3.63, 3.8) is 0 Å². The van der Waals surface area contributed by atoms with Crippen molar-refractivity contribution in [3.05, 3.63) is 72.6 Å². The van der Waals surface area contributed by atoms with Crippen LogP contribution in [0.15, 0.2) is 61.3 Å². The Bertz CT molecular complexity index is 1330. The molecule has 0 radical (unpaired) electrons. The summed E-state index contributed by atoms with van der Waals surface area (Å²) in [5.74, 6) is -0.315. The number of hydrogen-bond donors (Lipinski definition) is 4. The summed E-state index contributed by atoms with van der Waals surface area (Å²) >= 11 is 0. The largest absolute Gasteiger partial charge is 0.368 e. The number of amides is 3. The Kier molecular flexibility index (Phi) is 7.04. The molecule has 0 saturated carbocycles. The van der Waals surface area contributed by atoms with E-state index in [0.29, 0.717) is 35.7 Å². The zero-order chi connectivity index (χ0) is 25.7. The van der Waals surface area contributed by atoms with Gasteiger partial charge in [-0.2, -0.15) is 4.98 Å². The summed E-state index contributed by atoms with van der Waals surface area (Å²) in [4.78, 5) is 46.4. The van der Waals surface area contributed by atoms with E-state index in [4.69, 9.17) is 5.73 Å². The van der Waals surface area contributed by atoms with Gasteiger partial charge in [-0.05, 0) is 54.5 Å². The van der Waals surface area contributed by atoms with Crippen molar-refractivity contribution in [3.8, 4) is 0 Å². The molecular weight excluding hydrogens is 462 g/mol. The monoisotopic (exact) mass is 487 g/mol. The lowest BCUT2D eigenvalue weighted by Gasteiger charge is -2.26. The third-order valence-electron chi connectivity index (χ3n) is 5.44. The topological polar surface area (TPSA) is 160 Å². The van der Waals surface area contributed by atoms with Gasteiger partial charge in [0.2, 0.25) is 17.8 Å². The van der Waals surface area contributed by atoms with Crippen LogP contribution in [0.2, 0.25) is 0 Å². The Labute approximate surface area is 206 Å². The van der Waals surface area contributed by atoms with Gasteiger partial charge in [0.15, 0.2) is 0 Å². The van der Waals surface area contributed by atoms with Crippen LogP contribution in [0.1, 0.15) is 22.5 Å². The van der Waals surface area contributed by atoms with Crippen molar-refractivity contribution in [1.82, 2.24) is 30.0 Å². The minimum Gasteiger partial charge on any atom is -0.368 e. The second kappa shape index (κ2) is 10.5. The van der Waals surface area contributed by atoms with Gasteiger partial charge in [-0.3, -0.25) is 14.6 Å². The zero-order valence-corrected chi connectivity index (χ0v) is 19.6. The molecule has 1 aromatic carbocycles. The fourth-order valence-corrected chi connectivity index (χ4v) is 3.59. The standard InChI is InChI=1S/C24H25N9O3/c1-3-20(34)32-12-4-5-16(14-32)19-11-10-18(13-27-19)29-24(36)33-22(25)30-23(31-33)28-17-8-6-15(7-9-17)21(35)26-2/h3,5-11,13H,1,4,12,14H2,2H3,(H,26,35)(H,29,36)(H3,25,28,30,31). The molecule has 3 aromatic rings. The molecule has 5 N–H and O–H groups in total. The summed E-state index contributed by atoms with van der Waals surface area (Å²) in [6.45, 7) is 4.62. The van der Waals surface area contributed by atoms with Crippen molar-refractivity contribution < 1.29 is 14.4 Å². The Morgan fingerprint density at radius 2 is 1.86 bits per heavy atom. The van der Waals surface area contributed by atoms with E-state index in [1.165, 1.54) is 12.3 Å². The van der Waals surface area contributed by atoms with Gasteiger partial charge in [-0.15, -0.1) is 9.78 Å². The molecule has 0 saturated heterocycles. The molecule has 0 bridgehead atoms. The Hall–Kier alpha value is -5.00. The Balaban J connectivity index is 1.39. The first-order valence-corrected chi connectivity index (χ1v) is 11.1. The van der Waals surface area contributed by atoms with Gasteiger partial charge in [-0.1, -0.05) is 12.7 Å². The number of nitrogens with one attached hydrogen (secondary N) is 3. The highest BCUT2D eigenvalue weighted by Crippen LogP contribution is 2.21. The Morgan fingerprint density at radius 3 is 2.53 bits per heavy atom. The fraction of sp³-hybridized carbons (Fsp3) is 0.167. The minimum atomic E-state index is -0.614. The number of benzene rings is 1. The molecule has 0 unspecified atom stereocenters. The molecule has 0 spiro atoms. The highest BCUT2D eigenvalue weighted by Gasteiger charge is 2.18. The average Bonchev–Trinajstić information content (AvgIpc) is 3.28. The van der Waals surface area contributed by atoms with Crippen molar-refractivity contribution in [2.75, 3.05) is 36.5 Å². The lowest BCUT2D eigenvalue weighted by Crippen LogP contribution is -2.34. The number of anilines is 4. The molecule has 184 valence electrons. The van der Waals surface area contributed by atoms with Crippen LogP contribution in [0.3, 0.4) is 0 Å². The first-order valence-electron chi connectivity index (χ1n) is 11.1. The van der Waals surface area contributed by atoms with Crippen molar-refractivity contribution in [2.24, 2.45) is 0 Å². The van der Waals surface area contributed by atoms with Crippen molar-refractivity contribution in [1.29, 1.82) is 0 Å². The summed E-state index contributed by atoms with van der Waals surface area (Å²) in [6, 6.07) is 9.51. The highest BCUT2D eigenvalue weighted by molar-refractivity contribution is 5.94. The van der Waals surface area contributed by atoms with E-state index in [2.05, 4.69) is 37.6 Å². The highest BCUT2D eigenvalue weighted by atomic mass is 16.2. The molecule has 12 heteroatoms. The van der Waals surface area contributed by atoms with E-state index in [-0.39, 0.29) is 23.7 Å². The molecule has 1 aliphatic rings. The SMILES string of the molecule is C=CC(=O)N1CCC=C(c2ccc(NC(=O)n3nc(Nc4ccc(C(=O)NC)cc4)nc3N)cn2)C1. The maximum absolute atomic E-state index is 12.7. The van der Waals surface area contributed by atoms with Gasteiger partial charge in [0.05, 0.1) is 17.6 Å². The quantitative estimate of drug-likeness (QED) is 0.385. The maximum atomic E-state index is 12.7. The van der Waals surface area contributed by atoms with E-state index in [1.807, 2.05) is 6.08 Å². The molecule has 4 rings (SSSR count). The summed E-state index contributed by atoms with van der Waals surface area (Å²) in [6.07, 6.45) is 5.59. The van der Waals surface area contributed by atoms with Gasteiger partial charge in [-0.25, -0.2) is 4.79 Å². The molecule has 0 fully saturated rings. The van der Waals surface area contributed by atoms with E-state index < -0.39 is 6.03 Å². The number of carbonyl (C=O) groups excluding carboxylic acids is 3. The average molecular weight is 488 g/mol. The predicted octanol–water partition coefficient (Wildman–Crippen LogP) is 2.24. The van der Waals surface area contributed by atoms with Gasteiger partial charge < -0.3 is 26.6 Å². The number of pyridine rings is 1.